The van der Waals surface area contributed by atoms with Gasteiger partial charge in [-0.1, -0.05) is 61.5 Å². The highest BCUT2D eigenvalue weighted by atomic mass is 16.2. The van der Waals surface area contributed by atoms with E-state index >= 15 is 0 Å². The minimum Gasteiger partial charge on any atom is -0.332 e. The summed E-state index contributed by atoms with van der Waals surface area (Å²) in [6.45, 7) is 3.04. The summed E-state index contributed by atoms with van der Waals surface area (Å²) in [6.07, 6.45) is 7.56. The third kappa shape index (κ3) is 3.60. The number of hydrogen-bond donors (Lipinski definition) is 0. The van der Waals surface area contributed by atoms with E-state index in [1.165, 1.54) is 29.5 Å². The first-order valence-electron chi connectivity index (χ1n) is 9.84. The fourth-order valence-corrected chi connectivity index (χ4v) is 4.30. The second-order valence-corrected chi connectivity index (χ2v) is 7.88. The van der Waals surface area contributed by atoms with Gasteiger partial charge in [-0.25, -0.2) is 0 Å². The van der Waals surface area contributed by atoms with Crippen LogP contribution in [0.2, 0.25) is 0 Å². The zero-order valence-corrected chi connectivity index (χ0v) is 15.5. The molecule has 2 aliphatic rings. The predicted octanol–water partition coefficient (Wildman–Crippen LogP) is 5.23. The second kappa shape index (κ2) is 7.49. The third-order valence-corrected chi connectivity index (χ3v) is 5.92. The second-order valence-electron chi connectivity index (χ2n) is 7.88. The molecule has 2 aromatic carbocycles. The Kier molecular flexibility index (Phi) is 4.92. The SMILES string of the molecule is CC1CCC(N(Cc2ccccc2)C(=O)C2=Cc3ccccc3C2)CC1. The fraction of sp³-hybridized carbons (Fsp3) is 0.375. The van der Waals surface area contributed by atoms with E-state index in [1.54, 1.807) is 0 Å². The molecular weight excluding hydrogens is 318 g/mol. The minimum atomic E-state index is 0.226. The number of nitrogens with zero attached hydrogens (tertiary/aromatic N) is 1. The van der Waals surface area contributed by atoms with E-state index in [4.69, 9.17) is 0 Å². The van der Waals surface area contributed by atoms with Crippen molar-refractivity contribution in [1.82, 2.24) is 4.90 Å². The van der Waals surface area contributed by atoms with E-state index in [0.29, 0.717) is 12.6 Å². The van der Waals surface area contributed by atoms with Crippen LogP contribution in [0.5, 0.6) is 0 Å². The Hall–Kier alpha value is -2.35. The zero-order valence-electron chi connectivity index (χ0n) is 15.5. The average Bonchev–Trinajstić information content (AvgIpc) is 3.11. The van der Waals surface area contributed by atoms with E-state index in [-0.39, 0.29) is 5.91 Å². The summed E-state index contributed by atoms with van der Waals surface area (Å²) < 4.78 is 0. The molecule has 0 bridgehead atoms. The summed E-state index contributed by atoms with van der Waals surface area (Å²) >= 11 is 0. The van der Waals surface area contributed by atoms with E-state index in [9.17, 15) is 4.79 Å². The number of hydrogen-bond acceptors (Lipinski definition) is 1. The lowest BCUT2D eigenvalue weighted by Crippen LogP contribution is -2.42. The molecule has 4 rings (SSSR count). The Morgan fingerprint density at radius 3 is 2.38 bits per heavy atom. The van der Waals surface area contributed by atoms with Gasteiger partial charge in [-0.3, -0.25) is 4.79 Å². The maximum Gasteiger partial charge on any atom is 0.250 e. The van der Waals surface area contributed by atoms with Crippen molar-refractivity contribution in [3.63, 3.8) is 0 Å². The van der Waals surface area contributed by atoms with Gasteiger partial charge in [0.05, 0.1) is 0 Å². The molecule has 2 aliphatic carbocycles. The normalized spacial score (nSPS) is 21.8. The van der Waals surface area contributed by atoms with Crippen molar-refractivity contribution in [3.8, 4) is 0 Å². The van der Waals surface area contributed by atoms with Crippen LogP contribution in [0, 0.1) is 5.92 Å². The predicted molar refractivity (Wildman–Crippen MR) is 107 cm³/mol. The third-order valence-electron chi connectivity index (χ3n) is 5.92. The Labute approximate surface area is 156 Å². The molecule has 0 atom stereocenters. The van der Waals surface area contributed by atoms with Gasteiger partial charge in [0.2, 0.25) is 0 Å². The van der Waals surface area contributed by atoms with Crippen LogP contribution in [0.3, 0.4) is 0 Å². The standard InChI is InChI=1S/C24H27NO/c1-18-11-13-23(14-12-18)25(17-19-7-3-2-4-8-19)24(26)22-15-20-9-5-6-10-21(20)16-22/h2-10,15,18,23H,11-14,16-17H2,1H3. The van der Waals surface area contributed by atoms with Crippen molar-refractivity contribution in [3.05, 3.63) is 76.9 Å². The lowest BCUT2D eigenvalue weighted by molar-refractivity contribution is -0.131. The Bertz CT molecular complexity index is 800. The van der Waals surface area contributed by atoms with Crippen LogP contribution in [0.25, 0.3) is 6.08 Å². The summed E-state index contributed by atoms with van der Waals surface area (Å²) in [6, 6.07) is 19.1. The molecule has 26 heavy (non-hydrogen) atoms. The maximum atomic E-state index is 13.5. The van der Waals surface area contributed by atoms with Crippen molar-refractivity contribution < 1.29 is 4.79 Å². The smallest absolute Gasteiger partial charge is 0.250 e. The van der Waals surface area contributed by atoms with Gasteiger partial charge in [-0.15, -0.1) is 0 Å². The summed E-state index contributed by atoms with van der Waals surface area (Å²) in [5.74, 6) is 1.01. The summed E-state index contributed by atoms with van der Waals surface area (Å²) in [4.78, 5) is 15.6. The summed E-state index contributed by atoms with van der Waals surface area (Å²) in [5, 5.41) is 0. The molecule has 0 unspecified atom stereocenters. The van der Waals surface area contributed by atoms with E-state index < -0.39 is 0 Å². The number of amides is 1. The number of benzene rings is 2. The molecule has 1 saturated carbocycles. The lowest BCUT2D eigenvalue weighted by atomic mass is 9.86. The monoisotopic (exact) mass is 345 g/mol. The molecule has 0 heterocycles. The quantitative estimate of drug-likeness (QED) is 0.742. The molecule has 0 aliphatic heterocycles. The van der Waals surface area contributed by atoms with Gasteiger partial charge in [-0.2, -0.15) is 0 Å². The summed E-state index contributed by atoms with van der Waals surface area (Å²) in [7, 11) is 0. The lowest BCUT2D eigenvalue weighted by Gasteiger charge is -2.36. The van der Waals surface area contributed by atoms with Crippen molar-refractivity contribution in [2.24, 2.45) is 5.92 Å². The van der Waals surface area contributed by atoms with Crippen LogP contribution >= 0.6 is 0 Å². The molecule has 0 saturated heterocycles. The summed E-state index contributed by atoms with van der Waals surface area (Å²) in [5.41, 5.74) is 4.64. The highest BCUT2D eigenvalue weighted by molar-refractivity contribution is 6.00. The molecule has 2 heteroatoms. The maximum absolute atomic E-state index is 13.5. The van der Waals surface area contributed by atoms with E-state index in [2.05, 4.69) is 60.4 Å². The van der Waals surface area contributed by atoms with Crippen LogP contribution in [0.4, 0.5) is 0 Å². The molecule has 2 aromatic rings. The molecule has 0 radical (unpaired) electrons. The number of carbonyl (C=O) groups excluding carboxylic acids is 1. The molecule has 0 spiro atoms. The van der Waals surface area contributed by atoms with Crippen molar-refractivity contribution >= 4 is 12.0 Å². The molecular formula is C24H27NO. The first-order valence-corrected chi connectivity index (χ1v) is 9.84. The molecule has 1 fully saturated rings. The van der Waals surface area contributed by atoms with Crippen molar-refractivity contribution in [2.75, 3.05) is 0 Å². The Morgan fingerprint density at radius 2 is 1.65 bits per heavy atom. The van der Waals surface area contributed by atoms with Gasteiger partial charge >= 0.3 is 0 Å². The molecule has 0 aromatic heterocycles. The molecule has 1 amide bonds. The van der Waals surface area contributed by atoms with Gasteiger partial charge in [0.15, 0.2) is 0 Å². The molecule has 2 nitrogen and oxygen atoms in total. The minimum absolute atomic E-state index is 0.226. The Morgan fingerprint density at radius 1 is 0.962 bits per heavy atom. The van der Waals surface area contributed by atoms with Crippen LogP contribution in [0.15, 0.2) is 60.2 Å². The van der Waals surface area contributed by atoms with Gasteiger partial charge in [0.25, 0.3) is 5.91 Å². The largest absolute Gasteiger partial charge is 0.332 e. The van der Waals surface area contributed by atoms with Crippen LogP contribution in [0.1, 0.15) is 49.3 Å². The van der Waals surface area contributed by atoms with Crippen LogP contribution in [-0.2, 0) is 17.8 Å². The van der Waals surface area contributed by atoms with E-state index in [1.807, 2.05) is 12.1 Å². The zero-order chi connectivity index (χ0) is 17.9. The first kappa shape index (κ1) is 17.1. The highest BCUT2D eigenvalue weighted by Crippen LogP contribution is 2.32. The fourth-order valence-electron chi connectivity index (χ4n) is 4.30. The first-order chi connectivity index (χ1) is 12.7. The van der Waals surface area contributed by atoms with Gasteiger partial charge < -0.3 is 4.90 Å². The van der Waals surface area contributed by atoms with Crippen LogP contribution in [-0.4, -0.2) is 16.8 Å². The average molecular weight is 345 g/mol. The van der Waals surface area contributed by atoms with Crippen molar-refractivity contribution in [1.29, 1.82) is 0 Å². The van der Waals surface area contributed by atoms with Crippen molar-refractivity contribution in [2.45, 2.75) is 51.6 Å². The number of fused-ring (bicyclic) bond motifs is 1. The highest BCUT2D eigenvalue weighted by Gasteiger charge is 2.30. The Balaban J connectivity index is 1.57. The topological polar surface area (TPSA) is 20.3 Å². The molecule has 0 N–H and O–H groups in total. The number of carbonyl (C=O) groups is 1. The van der Waals surface area contributed by atoms with Gasteiger partial charge in [-0.05, 0) is 54.4 Å². The van der Waals surface area contributed by atoms with Gasteiger partial charge in [0.1, 0.15) is 0 Å². The molecule has 134 valence electrons. The number of rotatable bonds is 4. The van der Waals surface area contributed by atoms with E-state index in [0.717, 1.165) is 30.8 Å². The van der Waals surface area contributed by atoms with Crippen LogP contribution < -0.4 is 0 Å². The van der Waals surface area contributed by atoms with Gasteiger partial charge in [0, 0.05) is 24.6 Å².